The topological polar surface area (TPSA) is 50.3 Å². The molecule has 1 N–H and O–H groups in total. The quantitative estimate of drug-likeness (QED) is 0.499. The van der Waals surface area contributed by atoms with Crippen molar-refractivity contribution in [2.75, 3.05) is 0 Å². The van der Waals surface area contributed by atoms with Crippen LogP contribution in [-0.4, -0.2) is 15.7 Å². The maximum absolute atomic E-state index is 5.04. The lowest BCUT2D eigenvalue weighted by molar-refractivity contribution is 0.231. The van der Waals surface area contributed by atoms with E-state index < -0.39 is 0 Å². The van der Waals surface area contributed by atoms with Gasteiger partial charge in [-0.3, -0.25) is 0 Å². The third kappa shape index (κ3) is 2.53. The largest absolute Gasteiger partial charge is 0.362 e. The van der Waals surface area contributed by atoms with Gasteiger partial charge in [0.15, 0.2) is 0 Å². The molecule has 0 saturated heterocycles. The van der Waals surface area contributed by atoms with Crippen LogP contribution in [0.1, 0.15) is 25.2 Å². The van der Waals surface area contributed by atoms with Gasteiger partial charge in [0.1, 0.15) is 11.6 Å². The first-order valence-electron chi connectivity index (χ1n) is 5.40. The van der Waals surface area contributed by atoms with Crippen molar-refractivity contribution in [3.05, 3.63) is 41.9 Å². The fourth-order valence-electron chi connectivity index (χ4n) is 1.56. The van der Waals surface area contributed by atoms with Crippen LogP contribution >= 0.6 is 0 Å². The van der Waals surface area contributed by atoms with E-state index in [0.29, 0.717) is 5.76 Å². The number of allylic oxidation sites excluding steroid dienone is 1. The number of nitrogens with zero attached hydrogens (tertiary/aromatic N) is 2. The second kappa shape index (κ2) is 4.41. The van der Waals surface area contributed by atoms with Crippen molar-refractivity contribution in [1.82, 2.24) is 9.97 Å². The van der Waals surface area contributed by atoms with E-state index in [4.69, 9.17) is 4.84 Å². The first-order valence-corrected chi connectivity index (χ1v) is 5.40. The third-order valence-corrected chi connectivity index (χ3v) is 2.36. The zero-order chi connectivity index (χ0) is 12.4. The number of benzene rings is 1. The van der Waals surface area contributed by atoms with Gasteiger partial charge in [0.25, 0.3) is 0 Å². The van der Waals surface area contributed by atoms with E-state index in [1.807, 2.05) is 32.0 Å². The minimum Gasteiger partial charge on any atom is -0.362 e. The number of hydrogen-bond donors (Lipinski definition) is 1. The van der Waals surface area contributed by atoms with Crippen molar-refractivity contribution in [3.63, 3.8) is 0 Å². The van der Waals surface area contributed by atoms with Crippen LogP contribution in [0.2, 0.25) is 0 Å². The second-order valence-electron chi connectivity index (χ2n) is 4.02. The summed E-state index contributed by atoms with van der Waals surface area (Å²) >= 11 is 0. The lowest BCUT2D eigenvalue weighted by atomic mass is 10.1. The zero-order valence-electron chi connectivity index (χ0n) is 10.2. The highest BCUT2D eigenvalue weighted by molar-refractivity contribution is 6.00. The molecule has 0 atom stereocenters. The lowest BCUT2D eigenvalue weighted by Crippen LogP contribution is -1.95. The number of nitrogens with one attached hydrogen (secondary N) is 1. The van der Waals surface area contributed by atoms with Crippen molar-refractivity contribution in [2.24, 2.45) is 5.16 Å². The van der Waals surface area contributed by atoms with E-state index >= 15 is 0 Å². The summed E-state index contributed by atoms with van der Waals surface area (Å²) in [6.45, 7) is 9.22. The molecule has 2 aromatic rings. The van der Waals surface area contributed by atoms with E-state index in [9.17, 15) is 0 Å². The molecule has 0 amide bonds. The van der Waals surface area contributed by atoms with Gasteiger partial charge in [0.05, 0.1) is 16.7 Å². The average molecular weight is 229 g/mol. The van der Waals surface area contributed by atoms with Crippen LogP contribution in [0.3, 0.4) is 0 Å². The maximum Gasteiger partial charge on any atom is 0.124 e. The molecule has 0 aliphatic carbocycles. The molecular formula is C13H15N3O. The summed E-state index contributed by atoms with van der Waals surface area (Å²) in [5.41, 5.74) is 3.77. The van der Waals surface area contributed by atoms with Crippen molar-refractivity contribution < 1.29 is 4.84 Å². The molecule has 4 nitrogen and oxygen atoms in total. The Labute approximate surface area is 100 Å². The molecule has 17 heavy (non-hydrogen) atoms. The van der Waals surface area contributed by atoms with Gasteiger partial charge in [-0.1, -0.05) is 17.8 Å². The Morgan fingerprint density at radius 1 is 1.41 bits per heavy atom. The Hall–Kier alpha value is -2.10. The number of rotatable bonds is 3. The highest BCUT2D eigenvalue weighted by Crippen LogP contribution is 2.14. The minimum absolute atomic E-state index is 0.572. The van der Waals surface area contributed by atoms with Gasteiger partial charge in [-0.15, -0.1) is 0 Å². The monoisotopic (exact) mass is 229 g/mol. The van der Waals surface area contributed by atoms with Gasteiger partial charge in [0.2, 0.25) is 0 Å². The van der Waals surface area contributed by atoms with E-state index in [1.165, 1.54) is 0 Å². The Morgan fingerprint density at radius 2 is 2.18 bits per heavy atom. The predicted octanol–water partition coefficient (Wildman–Crippen LogP) is 3.15. The number of aryl methyl sites for hydroxylation is 1. The molecule has 1 aromatic heterocycles. The van der Waals surface area contributed by atoms with Crippen LogP contribution in [0.5, 0.6) is 0 Å². The Balaban J connectivity index is 2.35. The average Bonchev–Trinajstić information content (AvgIpc) is 2.64. The van der Waals surface area contributed by atoms with Gasteiger partial charge in [0, 0.05) is 5.56 Å². The molecule has 0 aliphatic rings. The summed E-state index contributed by atoms with van der Waals surface area (Å²) in [5.74, 6) is 1.48. The molecule has 4 heteroatoms. The number of aromatic amines is 1. The summed E-state index contributed by atoms with van der Waals surface area (Å²) in [6, 6.07) is 5.95. The summed E-state index contributed by atoms with van der Waals surface area (Å²) < 4.78 is 0. The van der Waals surface area contributed by atoms with Crippen molar-refractivity contribution in [2.45, 2.75) is 20.8 Å². The number of hydrogen-bond acceptors (Lipinski definition) is 3. The Kier molecular flexibility index (Phi) is 2.95. The van der Waals surface area contributed by atoms with E-state index in [-0.39, 0.29) is 0 Å². The Morgan fingerprint density at radius 3 is 2.88 bits per heavy atom. The zero-order valence-corrected chi connectivity index (χ0v) is 10.2. The van der Waals surface area contributed by atoms with Gasteiger partial charge in [-0.2, -0.15) is 0 Å². The lowest BCUT2D eigenvalue weighted by Gasteiger charge is -2.01. The van der Waals surface area contributed by atoms with E-state index in [2.05, 4.69) is 21.7 Å². The first kappa shape index (κ1) is 11.4. The Bertz CT molecular complexity index is 596. The molecule has 0 bridgehead atoms. The van der Waals surface area contributed by atoms with Gasteiger partial charge < -0.3 is 9.82 Å². The fraction of sp³-hybridized carbons (Fsp3) is 0.231. The van der Waals surface area contributed by atoms with Crippen molar-refractivity contribution in [3.8, 4) is 0 Å². The van der Waals surface area contributed by atoms with Gasteiger partial charge >= 0.3 is 0 Å². The molecule has 0 spiro atoms. The molecule has 1 aromatic carbocycles. The molecule has 2 rings (SSSR count). The molecule has 0 aliphatic heterocycles. The summed E-state index contributed by atoms with van der Waals surface area (Å²) in [4.78, 5) is 12.6. The summed E-state index contributed by atoms with van der Waals surface area (Å²) in [6.07, 6.45) is 0. The minimum atomic E-state index is 0.572. The van der Waals surface area contributed by atoms with E-state index in [0.717, 1.165) is 28.1 Å². The number of H-pyrrole nitrogens is 1. The second-order valence-corrected chi connectivity index (χ2v) is 4.02. The molecule has 0 saturated carbocycles. The number of fused-ring (bicyclic) bond motifs is 1. The maximum atomic E-state index is 5.04. The number of aromatic nitrogens is 2. The number of imidazole rings is 1. The van der Waals surface area contributed by atoms with E-state index in [1.54, 1.807) is 6.92 Å². The number of oxime groups is 1. The highest BCUT2D eigenvalue weighted by atomic mass is 16.6. The predicted molar refractivity (Wildman–Crippen MR) is 68.9 cm³/mol. The fourth-order valence-corrected chi connectivity index (χ4v) is 1.56. The highest BCUT2D eigenvalue weighted by Gasteiger charge is 2.03. The molecule has 0 fully saturated rings. The SMILES string of the molecule is C=C(C)O/N=C(\C)c1ccc2nc(C)[nH]c2c1. The van der Waals surface area contributed by atoms with Crippen molar-refractivity contribution in [1.29, 1.82) is 0 Å². The first-order chi connectivity index (χ1) is 8.06. The van der Waals surface area contributed by atoms with Crippen LogP contribution < -0.4 is 0 Å². The molecule has 0 radical (unpaired) electrons. The van der Waals surface area contributed by atoms with Gasteiger partial charge in [-0.25, -0.2) is 4.98 Å². The van der Waals surface area contributed by atoms with Crippen LogP contribution in [0.4, 0.5) is 0 Å². The summed E-state index contributed by atoms with van der Waals surface area (Å²) in [7, 11) is 0. The van der Waals surface area contributed by atoms with Crippen LogP contribution in [0, 0.1) is 6.92 Å². The van der Waals surface area contributed by atoms with Crippen LogP contribution in [-0.2, 0) is 4.84 Å². The van der Waals surface area contributed by atoms with Crippen molar-refractivity contribution >= 4 is 16.7 Å². The molecule has 0 unspecified atom stereocenters. The molecule has 88 valence electrons. The van der Waals surface area contributed by atoms with Crippen LogP contribution in [0.15, 0.2) is 35.7 Å². The standard InChI is InChI=1S/C13H15N3O/c1-8(2)17-16-9(3)11-5-6-12-13(7-11)15-10(4)14-12/h5-7H,1H2,2-4H3,(H,14,15)/b16-9+. The third-order valence-electron chi connectivity index (χ3n) is 2.36. The van der Waals surface area contributed by atoms with Crippen LogP contribution in [0.25, 0.3) is 11.0 Å². The summed E-state index contributed by atoms with van der Waals surface area (Å²) in [5, 5.41) is 3.99. The smallest absolute Gasteiger partial charge is 0.124 e. The molecular weight excluding hydrogens is 214 g/mol. The molecule has 1 heterocycles. The normalized spacial score (nSPS) is 11.8. The van der Waals surface area contributed by atoms with Gasteiger partial charge in [-0.05, 0) is 32.9 Å².